The Bertz CT molecular complexity index is 955. The van der Waals surface area contributed by atoms with E-state index in [0.717, 1.165) is 63.1 Å². The minimum atomic E-state index is -5.08. The SMILES string of the molecule is O=C(CC1CCNC1)NCC1CCN(c2nc3cc(Cl)ccc3o2)CC1.O=C(O)C(F)(F)F. The van der Waals surface area contributed by atoms with Crippen LogP contribution in [0.4, 0.5) is 19.2 Å². The molecule has 0 radical (unpaired) electrons. The number of nitrogens with zero attached hydrogens (tertiary/aromatic N) is 2. The van der Waals surface area contributed by atoms with Gasteiger partial charge in [-0.25, -0.2) is 4.79 Å². The third-order valence-corrected chi connectivity index (χ3v) is 5.93. The number of halogens is 4. The maximum atomic E-state index is 12.1. The topological polar surface area (TPSA) is 108 Å². The molecule has 1 aromatic carbocycles. The van der Waals surface area contributed by atoms with Crippen molar-refractivity contribution in [3.63, 3.8) is 0 Å². The standard InChI is InChI=1S/C19H25ClN4O2.C2HF3O2/c20-15-1-2-17-16(10-15)23-19(26-17)24-7-4-13(5-8-24)12-22-18(25)9-14-3-6-21-11-14;3-2(4,5)1(6)7/h1-2,10,13-14,21H,3-9,11-12H2,(H,22,25);(H,6,7). The fourth-order valence-corrected chi connectivity index (χ4v) is 4.00. The molecule has 1 aromatic heterocycles. The number of fused-ring (bicyclic) bond motifs is 1. The molecule has 2 aliphatic rings. The molecule has 0 spiro atoms. The summed E-state index contributed by atoms with van der Waals surface area (Å²) < 4.78 is 37.6. The number of carbonyl (C=O) groups is 2. The van der Waals surface area contributed by atoms with Crippen LogP contribution in [0.2, 0.25) is 5.02 Å². The molecule has 2 saturated heterocycles. The van der Waals surface area contributed by atoms with Gasteiger partial charge in [0.15, 0.2) is 5.58 Å². The fraction of sp³-hybridized carbons (Fsp3) is 0.571. The number of rotatable bonds is 5. The maximum absolute atomic E-state index is 12.1. The Morgan fingerprint density at radius 3 is 2.55 bits per heavy atom. The number of piperidine rings is 1. The second-order valence-corrected chi connectivity index (χ2v) is 8.65. The zero-order valence-electron chi connectivity index (χ0n) is 17.8. The molecule has 1 atom stereocenters. The molecule has 4 rings (SSSR count). The number of benzene rings is 1. The molecule has 1 amide bonds. The second kappa shape index (κ2) is 11.1. The van der Waals surface area contributed by atoms with Crippen LogP contribution in [0.25, 0.3) is 11.1 Å². The van der Waals surface area contributed by atoms with Crippen LogP contribution in [0, 0.1) is 11.8 Å². The average molecular weight is 491 g/mol. The highest BCUT2D eigenvalue weighted by molar-refractivity contribution is 6.31. The highest BCUT2D eigenvalue weighted by Crippen LogP contribution is 2.27. The maximum Gasteiger partial charge on any atom is 0.490 e. The lowest BCUT2D eigenvalue weighted by Gasteiger charge is -2.30. The third kappa shape index (κ3) is 7.50. The van der Waals surface area contributed by atoms with Crippen LogP contribution in [-0.4, -0.2) is 60.9 Å². The molecule has 182 valence electrons. The highest BCUT2D eigenvalue weighted by atomic mass is 35.5. The molecule has 33 heavy (non-hydrogen) atoms. The number of alkyl halides is 3. The first-order valence-corrected chi connectivity index (χ1v) is 11.1. The average Bonchev–Trinajstić information content (AvgIpc) is 3.42. The number of carbonyl (C=O) groups excluding carboxylic acids is 1. The van der Waals surface area contributed by atoms with Gasteiger partial charge in [-0.15, -0.1) is 0 Å². The number of carboxylic acids is 1. The summed E-state index contributed by atoms with van der Waals surface area (Å²) in [6, 6.07) is 6.16. The summed E-state index contributed by atoms with van der Waals surface area (Å²) in [5.41, 5.74) is 1.56. The van der Waals surface area contributed by atoms with Crippen molar-refractivity contribution >= 4 is 40.6 Å². The molecule has 8 nitrogen and oxygen atoms in total. The molecule has 0 bridgehead atoms. The Labute approximate surface area is 193 Å². The normalized spacial score (nSPS) is 19.3. The lowest BCUT2D eigenvalue weighted by atomic mass is 9.96. The number of nitrogens with one attached hydrogen (secondary N) is 2. The molecule has 12 heteroatoms. The van der Waals surface area contributed by atoms with Crippen LogP contribution >= 0.6 is 11.6 Å². The molecule has 2 fully saturated rings. The first-order valence-electron chi connectivity index (χ1n) is 10.7. The predicted octanol–water partition coefficient (Wildman–Crippen LogP) is 3.45. The number of aromatic nitrogens is 1. The number of hydrogen-bond donors (Lipinski definition) is 3. The van der Waals surface area contributed by atoms with E-state index in [0.29, 0.717) is 29.3 Å². The number of carboxylic acid groups (broad SMARTS) is 1. The van der Waals surface area contributed by atoms with Crippen molar-refractivity contribution in [1.82, 2.24) is 15.6 Å². The van der Waals surface area contributed by atoms with Crippen molar-refractivity contribution in [3.05, 3.63) is 23.2 Å². The molecule has 2 aromatic rings. The Morgan fingerprint density at radius 1 is 1.24 bits per heavy atom. The van der Waals surface area contributed by atoms with E-state index >= 15 is 0 Å². The first kappa shape index (κ1) is 25.1. The number of oxazole rings is 1. The lowest BCUT2D eigenvalue weighted by Crippen LogP contribution is -2.39. The number of hydrogen-bond acceptors (Lipinski definition) is 6. The van der Waals surface area contributed by atoms with Gasteiger partial charge in [0.05, 0.1) is 0 Å². The van der Waals surface area contributed by atoms with Gasteiger partial charge in [-0.2, -0.15) is 18.2 Å². The van der Waals surface area contributed by atoms with Crippen molar-refractivity contribution in [1.29, 1.82) is 0 Å². The molecular formula is C21H26ClF3N4O4. The van der Waals surface area contributed by atoms with Crippen LogP contribution in [0.5, 0.6) is 0 Å². The summed E-state index contributed by atoms with van der Waals surface area (Å²) in [5.74, 6) is -1.54. The Hall–Kier alpha value is -2.53. The van der Waals surface area contributed by atoms with Crippen molar-refractivity contribution in [3.8, 4) is 0 Å². The zero-order chi connectivity index (χ0) is 24.0. The van der Waals surface area contributed by atoms with Crippen LogP contribution in [0.3, 0.4) is 0 Å². The van der Waals surface area contributed by atoms with Gasteiger partial charge in [0.2, 0.25) is 5.91 Å². The quantitative estimate of drug-likeness (QED) is 0.589. The van der Waals surface area contributed by atoms with Crippen molar-refractivity contribution in [2.45, 2.75) is 31.9 Å². The van der Waals surface area contributed by atoms with E-state index < -0.39 is 12.1 Å². The molecule has 2 aliphatic heterocycles. The number of amides is 1. The highest BCUT2D eigenvalue weighted by Gasteiger charge is 2.38. The van der Waals surface area contributed by atoms with Crippen molar-refractivity contribution in [2.24, 2.45) is 11.8 Å². The zero-order valence-corrected chi connectivity index (χ0v) is 18.6. The summed E-state index contributed by atoms with van der Waals surface area (Å²) in [7, 11) is 0. The van der Waals surface area contributed by atoms with Crippen LogP contribution in [-0.2, 0) is 9.59 Å². The minimum absolute atomic E-state index is 0.192. The monoisotopic (exact) mass is 490 g/mol. The van der Waals surface area contributed by atoms with Crippen molar-refractivity contribution < 1.29 is 32.3 Å². The molecule has 0 saturated carbocycles. The van der Waals surface area contributed by atoms with E-state index in [1.807, 2.05) is 18.2 Å². The van der Waals surface area contributed by atoms with Gasteiger partial charge in [-0.1, -0.05) is 11.6 Å². The summed E-state index contributed by atoms with van der Waals surface area (Å²) in [4.78, 5) is 27.7. The van der Waals surface area contributed by atoms with E-state index in [1.54, 1.807) is 0 Å². The van der Waals surface area contributed by atoms with E-state index in [-0.39, 0.29) is 5.91 Å². The Balaban J connectivity index is 0.000000383. The molecule has 3 N–H and O–H groups in total. The van der Waals surface area contributed by atoms with Gasteiger partial charge in [0, 0.05) is 31.1 Å². The van der Waals surface area contributed by atoms with Gasteiger partial charge in [0.1, 0.15) is 5.52 Å². The van der Waals surface area contributed by atoms with E-state index in [1.165, 1.54) is 0 Å². The first-order chi connectivity index (χ1) is 15.6. The Kier molecular flexibility index (Phi) is 8.41. The van der Waals surface area contributed by atoms with Gasteiger partial charge < -0.3 is 25.1 Å². The molecule has 3 heterocycles. The molecule has 0 aliphatic carbocycles. The van der Waals surface area contributed by atoms with Gasteiger partial charge in [0.25, 0.3) is 6.01 Å². The van der Waals surface area contributed by atoms with Crippen molar-refractivity contribution in [2.75, 3.05) is 37.6 Å². The number of aliphatic carboxylic acids is 1. The summed E-state index contributed by atoms with van der Waals surface area (Å²) in [6.45, 7) is 4.58. The minimum Gasteiger partial charge on any atom is -0.475 e. The van der Waals surface area contributed by atoms with E-state index in [4.69, 9.17) is 25.9 Å². The smallest absolute Gasteiger partial charge is 0.475 e. The molecular weight excluding hydrogens is 465 g/mol. The number of anilines is 1. The van der Waals surface area contributed by atoms with Crippen LogP contribution < -0.4 is 15.5 Å². The van der Waals surface area contributed by atoms with Gasteiger partial charge in [-0.05, 0) is 62.4 Å². The fourth-order valence-electron chi connectivity index (χ4n) is 3.83. The van der Waals surface area contributed by atoms with Crippen LogP contribution in [0.1, 0.15) is 25.7 Å². The van der Waals surface area contributed by atoms with Crippen LogP contribution in [0.15, 0.2) is 22.6 Å². The summed E-state index contributed by atoms with van der Waals surface area (Å²) >= 11 is 6.01. The van der Waals surface area contributed by atoms with Gasteiger partial charge >= 0.3 is 12.1 Å². The predicted molar refractivity (Wildman–Crippen MR) is 116 cm³/mol. The Morgan fingerprint density at radius 2 is 1.94 bits per heavy atom. The lowest BCUT2D eigenvalue weighted by molar-refractivity contribution is -0.192. The summed E-state index contributed by atoms with van der Waals surface area (Å²) in [6.07, 6.45) is -1.26. The molecule has 1 unspecified atom stereocenters. The summed E-state index contributed by atoms with van der Waals surface area (Å²) in [5, 5.41) is 14.2. The third-order valence-electron chi connectivity index (χ3n) is 5.69. The van der Waals surface area contributed by atoms with E-state index in [2.05, 4.69) is 20.5 Å². The largest absolute Gasteiger partial charge is 0.490 e. The van der Waals surface area contributed by atoms with E-state index in [9.17, 15) is 18.0 Å². The van der Waals surface area contributed by atoms with Gasteiger partial charge in [-0.3, -0.25) is 4.79 Å². The second-order valence-electron chi connectivity index (χ2n) is 8.21.